The van der Waals surface area contributed by atoms with Gasteiger partial charge in [-0.15, -0.1) is 0 Å². The number of likely N-dealkylation sites (N-methyl/N-ethyl adjacent to an activating group) is 1. The van der Waals surface area contributed by atoms with Crippen molar-refractivity contribution in [3.63, 3.8) is 0 Å². The lowest BCUT2D eigenvalue weighted by Gasteiger charge is -2.19. The topological polar surface area (TPSA) is 110 Å². The molecule has 0 aliphatic carbocycles. The number of anilines is 1. The maximum Gasteiger partial charge on any atom is 0.293 e. The maximum absolute atomic E-state index is 13.5. The number of benzene rings is 2. The molecular formula is C21H26N4O5. The lowest BCUT2D eigenvalue weighted by molar-refractivity contribution is -0.383. The van der Waals surface area contributed by atoms with Crippen LogP contribution < -0.4 is 20.2 Å². The summed E-state index contributed by atoms with van der Waals surface area (Å²) in [5.41, 5.74) is 0.511. The van der Waals surface area contributed by atoms with Crippen molar-refractivity contribution >= 4 is 33.2 Å². The molecule has 2 aromatic carbocycles. The van der Waals surface area contributed by atoms with E-state index in [1.165, 1.54) is 20.3 Å². The van der Waals surface area contributed by atoms with Gasteiger partial charge in [0.1, 0.15) is 17.0 Å². The number of nitro groups is 1. The second-order valence-corrected chi connectivity index (χ2v) is 6.77. The summed E-state index contributed by atoms with van der Waals surface area (Å²) in [6, 6.07) is 6.28. The molecule has 0 saturated carbocycles. The maximum atomic E-state index is 13.5. The van der Waals surface area contributed by atoms with Gasteiger partial charge >= 0.3 is 0 Å². The quantitative estimate of drug-likeness (QED) is 0.314. The molecule has 160 valence electrons. The first-order chi connectivity index (χ1) is 14.5. The Hall–Kier alpha value is -3.33. The molecule has 1 heterocycles. The molecule has 0 atom stereocenters. The van der Waals surface area contributed by atoms with E-state index in [9.17, 15) is 14.9 Å². The average molecular weight is 414 g/mol. The fourth-order valence-electron chi connectivity index (χ4n) is 3.65. The fraction of sp³-hybridized carbons (Fsp3) is 0.381. The molecule has 0 radical (unpaired) electrons. The van der Waals surface area contributed by atoms with E-state index in [4.69, 9.17) is 9.47 Å². The SMILES string of the molecule is CCN(CC)CCNc1ccc([N+](=O)[O-])c2[nH]c3c(OC)ccc(OC)c3c(=O)c12. The molecule has 0 unspecified atom stereocenters. The third kappa shape index (κ3) is 3.76. The first-order valence-corrected chi connectivity index (χ1v) is 9.81. The van der Waals surface area contributed by atoms with Gasteiger partial charge in [0.05, 0.1) is 35.4 Å². The highest BCUT2D eigenvalue weighted by atomic mass is 16.6. The number of nitrogens with one attached hydrogen (secondary N) is 2. The van der Waals surface area contributed by atoms with Crippen LogP contribution >= 0.6 is 0 Å². The van der Waals surface area contributed by atoms with Crippen molar-refractivity contribution in [2.75, 3.05) is 45.7 Å². The van der Waals surface area contributed by atoms with Crippen molar-refractivity contribution in [2.45, 2.75) is 13.8 Å². The van der Waals surface area contributed by atoms with Crippen LogP contribution in [-0.4, -0.2) is 55.2 Å². The summed E-state index contributed by atoms with van der Waals surface area (Å²) >= 11 is 0. The number of ether oxygens (including phenoxy) is 2. The standard InChI is InChI=1S/C21H26N4O5/c1-5-24(6-2)12-11-22-13-7-8-14(25(27)28)19-17(13)21(26)18-15(29-3)9-10-16(30-4)20(18)23-19/h7-10,22H,5-6,11-12H2,1-4H3,(H,23,26). The Balaban J connectivity index is 2.27. The highest BCUT2D eigenvalue weighted by Gasteiger charge is 2.22. The van der Waals surface area contributed by atoms with Crippen LogP contribution in [-0.2, 0) is 0 Å². The summed E-state index contributed by atoms with van der Waals surface area (Å²) in [5.74, 6) is 0.772. The first-order valence-electron chi connectivity index (χ1n) is 9.81. The van der Waals surface area contributed by atoms with Gasteiger partial charge < -0.3 is 24.7 Å². The third-order valence-electron chi connectivity index (χ3n) is 5.29. The van der Waals surface area contributed by atoms with E-state index in [1.54, 1.807) is 18.2 Å². The molecule has 0 aliphatic heterocycles. The Morgan fingerprint density at radius 1 is 1.03 bits per heavy atom. The molecule has 9 nitrogen and oxygen atoms in total. The van der Waals surface area contributed by atoms with Crippen molar-refractivity contribution in [1.29, 1.82) is 0 Å². The van der Waals surface area contributed by atoms with E-state index in [-0.39, 0.29) is 27.4 Å². The number of hydrogen-bond acceptors (Lipinski definition) is 7. The number of nitro benzene ring substituents is 1. The first kappa shape index (κ1) is 21.4. The lowest BCUT2D eigenvalue weighted by Crippen LogP contribution is -2.28. The number of methoxy groups -OCH3 is 2. The van der Waals surface area contributed by atoms with Gasteiger partial charge in [-0.2, -0.15) is 0 Å². The second-order valence-electron chi connectivity index (χ2n) is 6.77. The van der Waals surface area contributed by atoms with Gasteiger partial charge in [-0.1, -0.05) is 13.8 Å². The summed E-state index contributed by atoms with van der Waals surface area (Å²) in [6.45, 7) is 7.39. The monoisotopic (exact) mass is 414 g/mol. The molecule has 0 aliphatic rings. The molecule has 3 rings (SSSR count). The summed E-state index contributed by atoms with van der Waals surface area (Å²) < 4.78 is 10.7. The Bertz CT molecular complexity index is 1140. The zero-order valence-electron chi connectivity index (χ0n) is 17.6. The predicted octanol–water partition coefficient (Wildman–Crippen LogP) is 3.36. The van der Waals surface area contributed by atoms with Crippen LogP contribution in [0.2, 0.25) is 0 Å². The summed E-state index contributed by atoms with van der Waals surface area (Å²) in [4.78, 5) is 29.9. The van der Waals surface area contributed by atoms with E-state index >= 15 is 0 Å². The van der Waals surface area contributed by atoms with Crippen molar-refractivity contribution in [3.8, 4) is 11.5 Å². The van der Waals surface area contributed by atoms with Gasteiger partial charge in [0.15, 0.2) is 0 Å². The van der Waals surface area contributed by atoms with Gasteiger partial charge in [-0.3, -0.25) is 14.9 Å². The van der Waals surface area contributed by atoms with Gasteiger partial charge in [0, 0.05) is 24.8 Å². The molecule has 0 spiro atoms. The predicted molar refractivity (Wildman–Crippen MR) is 118 cm³/mol. The molecule has 0 fully saturated rings. The summed E-state index contributed by atoms with van der Waals surface area (Å²) in [7, 11) is 2.95. The van der Waals surface area contributed by atoms with Crippen LogP contribution in [0.3, 0.4) is 0 Å². The average Bonchev–Trinajstić information content (AvgIpc) is 2.75. The van der Waals surface area contributed by atoms with E-state index in [0.29, 0.717) is 29.2 Å². The Kier molecular flexibility index (Phi) is 6.41. The zero-order valence-corrected chi connectivity index (χ0v) is 17.6. The number of aromatic amines is 1. The van der Waals surface area contributed by atoms with Crippen LogP contribution in [0.1, 0.15) is 13.8 Å². The summed E-state index contributed by atoms with van der Waals surface area (Å²) in [6.07, 6.45) is 0. The molecule has 9 heteroatoms. The van der Waals surface area contributed by atoms with Crippen LogP contribution in [0, 0.1) is 10.1 Å². The van der Waals surface area contributed by atoms with E-state index in [1.807, 2.05) is 0 Å². The number of pyridine rings is 1. The Morgan fingerprint density at radius 3 is 2.30 bits per heavy atom. The van der Waals surface area contributed by atoms with Crippen LogP contribution in [0.15, 0.2) is 29.1 Å². The van der Waals surface area contributed by atoms with E-state index in [0.717, 1.165) is 19.6 Å². The van der Waals surface area contributed by atoms with Crippen LogP contribution in [0.4, 0.5) is 11.4 Å². The number of non-ortho nitro benzene ring substituents is 1. The number of hydrogen-bond donors (Lipinski definition) is 2. The van der Waals surface area contributed by atoms with Crippen LogP contribution in [0.25, 0.3) is 21.8 Å². The number of H-pyrrole nitrogens is 1. The number of fused-ring (bicyclic) bond motifs is 2. The van der Waals surface area contributed by atoms with Crippen LogP contribution in [0.5, 0.6) is 11.5 Å². The Labute approximate surface area is 173 Å². The number of aromatic nitrogens is 1. The third-order valence-corrected chi connectivity index (χ3v) is 5.29. The lowest BCUT2D eigenvalue weighted by atomic mass is 10.1. The highest BCUT2D eigenvalue weighted by molar-refractivity contribution is 6.05. The van der Waals surface area contributed by atoms with Crippen molar-refractivity contribution in [3.05, 3.63) is 44.6 Å². The normalized spacial score (nSPS) is 11.2. The molecule has 3 aromatic rings. The zero-order chi connectivity index (χ0) is 21.8. The largest absolute Gasteiger partial charge is 0.496 e. The molecule has 0 bridgehead atoms. The minimum Gasteiger partial charge on any atom is -0.496 e. The Morgan fingerprint density at radius 2 is 1.70 bits per heavy atom. The number of rotatable bonds is 9. The highest BCUT2D eigenvalue weighted by Crippen LogP contribution is 2.35. The fourth-order valence-corrected chi connectivity index (χ4v) is 3.65. The molecular weight excluding hydrogens is 388 g/mol. The van der Waals surface area contributed by atoms with Crippen molar-refractivity contribution < 1.29 is 14.4 Å². The molecule has 0 saturated heterocycles. The van der Waals surface area contributed by atoms with E-state index < -0.39 is 4.92 Å². The minimum atomic E-state index is -0.504. The molecule has 30 heavy (non-hydrogen) atoms. The van der Waals surface area contributed by atoms with Gasteiger partial charge in [0.25, 0.3) is 5.69 Å². The number of nitrogens with zero attached hydrogens (tertiary/aromatic N) is 2. The van der Waals surface area contributed by atoms with Crippen molar-refractivity contribution in [2.24, 2.45) is 0 Å². The second kappa shape index (κ2) is 9.00. The minimum absolute atomic E-state index is 0.150. The van der Waals surface area contributed by atoms with Crippen molar-refractivity contribution in [1.82, 2.24) is 9.88 Å². The van der Waals surface area contributed by atoms with Gasteiger partial charge in [0.2, 0.25) is 5.43 Å². The molecule has 0 amide bonds. The van der Waals surface area contributed by atoms with E-state index in [2.05, 4.69) is 29.0 Å². The summed E-state index contributed by atoms with van der Waals surface area (Å²) in [5, 5.41) is 15.4. The van der Waals surface area contributed by atoms with Gasteiger partial charge in [-0.25, -0.2) is 0 Å². The van der Waals surface area contributed by atoms with Gasteiger partial charge in [-0.05, 0) is 31.3 Å². The molecule has 1 aromatic heterocycles. The smallest absolute Gasteiger partial charge is 0.293 e. The molecule has 2 N–H and O–H groups in total.